The highest BCUT2D eigenvalue weighted by Crippen LogP contribution is 2.29. The first-order valence-corrected chi connectivity index (χ1v) is 6.62. The lowest BCUT2D eigenvalue weighted by Crippen LogP contribution is -2.14. The number of hydrogen-bond donors (Lipinski definition) is 1. The van der Waals surface area contributed by atoms with Crippen LogP contribution in [0.4, 0.5) is 0 Å². The zero-order valence-corrected chi connectivity index (χ0v) is 11.4. The zero-order valence-electron chi connectivity index (χ0n) is 11.4. The molecule has 0 saturated carbocycles. The third-order valence-corrected chi connectivity index (χ3v) is 3.38. The zero-order chi connectivity index (χ0) is 13.8. The molecule has 0 fully saturated rings. The Kier molecular flexibility index (Phi) is 4.00. The van der Waals surface area contributed by atoms with Gasteiger partial charge in [-0.05, 0) is 41.7 Å². The van der Waals surface area contributed by atoms with Gasteiger partial charge in [0, 0.05) is 5.56 Å². The van der Waals surface area contributed by atoms with Crippen LogP contribution >= 0.6 is 0 Å². The number of benzene rings is 2. The first-order valence-electron chi connectivity index (χ1n) is 6.62. The van der Waals surface area contributed by atoms with E-state index in [9.17, 15) is 4.79 Å². The van der Waals surface area contributed by atoms with Crippen molar-refractivity contribution in [2.24, 2.45) is 5.73 Å². The minimum absolute atomic E-state index is 0.348. The Bertz CT molecular complexity index is 602. The Morgan fingerprint density at radius 1 is 1.05 bits per heavy atom. The van der Waals surface area contributed by atoms with Crippen LogP contribution in [0.5, 0.6) is 0 Å². The van der Waals surface area contributed by atoms with Crippen molar-refractivity contribution in [3.8, 4) is 11.1 Å². The van der Waals surface area contributed by atoms with Gasteiger partial charge in [-0.25, -0.2) is 0 Å². The summed E-state index contributed by atoms with van der Waals surface area (Å²) in [6, 6.07) is 14.0. The van der Waals surface area contributed by atoms with E-state index < -0.39 is 0 Å². The predicted molar refractivity (Wildman–Crippen MR) is 79.1 cm³/mol. The highest BCUT2D eigenvalue weighted by molar-refractivity contribution is 5.96. The van der Waals surface area contributed by atoms with Crippen molar-refractivity contribution in [1.82, 2.24) is 0 Å². The molecule has 0 aliphatic heterocycles. The standard InChI is InChI=1S/C17H19NO/c1-3-7-14-15(10-6-11-16(14)17(18)19)13-9-5-4-8-12(13)2/h4-6,8-11H,3,7H2,1-2H3,(H2,18,19). The molecule has 1 amide bonds. The van der Waals surface area contributed by atoms with Crippen molar-refractivity contribution < 1.29 is 4.79 Å². The molecule has 0 spiro atoms. The van der Waals surface area contributed by atoms with E-state index in [1.807, 2.05) is 24.3 Å². The van der Waals surface area contributed by atoms with E-state index in [0.717, 1.165) is 24.0 Å². The Morgan fingerprint density at radius 3 is 2.37 bits per heavy atom. The molecular formula is C17H19NO. The number of nitrogens with two attached hydrogens (primary N) is 1. The van der Waals surface area contributed by atoms with E-state index in [-0.39, 0.29) is 5.91 Å². The average molecular weight is 253 g/mol. The molecule has 98 valence electrons. The molecular weight excluding hydrogens is 234 g/mol. The summed E-state index contributed by atoms with van der Waals surface area (Å²) < 4.78 is 0. The number of rotatable bonds is 4. The van der Waals surface area contributed by atoms with Gasteiger partial charge in [0.05, 0.1) is 0 Å². The maximum absolute atomic E-state index is 11.6. The lowest BCUT2D eigenvalue weighted by molar-refractivity contribution is 0.0999. The lowest BCUT2D eigenvalue weighted by atomic mass is 9.90. The second-order valence-electron chi connectivity index (χ2n) is 4.76. The largest absolute Gasteiger partial charge is 0.366 e. The smallest absolute Gasteiger partial charge is 0.248 e. The molecule has 2 aromatic carbocycles. The lowest BCUT2D eigenvalue weighted by Gasteiger charge is -2.14. The van der Waals surface area contributed by atoms with Gasteiger partial charge in [-0.15, -0.1) is 0 Å². The van der Waals surface area contributed by atoms with Crippen LogP contribution in [0.2, 0.25) is 0 Å². The quantitative estimate of drug-likeness (QED) is 0.886. The van der Waals surface area contributed by atoms with Gasteiger partial charge < -0.3 is 5.73 Å². The van der Waals surface area contributed by atoms with E-state index >= 15 is 0 Å². The van der Waals surface area contributed by atoms with Gasteiger partial charge in [-0.1, -0.05) is 49.7 Å². The van der Waals surface area contributed by atoms with Crippen LogP contribution in [0.25, 0.3) is 11.1 Å². The highest BCUT2D eigenvalue weighted by Gasteiger charge is 2.13. The van der Waals surface area contributed by atoms with E-state index in [1.54, 1.807) is 0 Å². The Morgan fingerprint density at radius 2 is 1.74 bits per heavy atom. The van der Waals surface area contributed by atoms with Gasteiger partial charge in [0.2, 0.25) is 5.91 Å². The van der Waals surface area contributed by atoms with Crippen molar-refractivity contribution in [2.45, 2.75) is 26.7 Å². The van der Waals surface area contributed by atoms with Crippen LogP contribution in [0.1, 0.15) is 34.8 Å². The number of carbonyl (C=O) groups is 1. The van der Waals surface area contributed by atoms with E-state index in [4.69, 9.17) is 5.73 Å². The molecule has 2 N–H and O–H groups in total. The molecule has 0 aromatic heterocycles. The summed E-state index contributed by atoms with van der Waals surface area (Å²) in [6.45, 7) is 4.20. The van der Waals surface area contributed by atoms with Crippen LogP contribution < -0.4 is 5.73 Å². The predicted octanol–water partition coefficient (Wildman–Crippen LogP) is 3.71. The van der Waals surface area contributed by atoms with Gasteiger partial charge in [-0.2, -0.15) is 0 Å². The van der Waals surface area contributed by atoms with Crippen molar-refractivity contribution in [3.05, 3.63) is 59.2 Å². The van der Waals surface area contributed by atoms with Gasteiger partial charge in [-0.3, -0.25) is 4.79 Å². The van der Waals surface area contributed by atoms with Crippen LogP contribution in [0.15, 0.2) is 42.5 Å². The number of carbonyl (C=O) groups excluding carboxylic acids is 1. The molecule has 0 bridgehead atoms. The van der Waals surface area contributed by atoms with Gasteiger partial charge in [0.25, 0.3) is 0 Å². The maximum Gasteiger partial charge on any atom is 0.248 e. The van der Waals surface area contributed by atoms with E-state index in [0.29, 0.717) is 5.56 Å². The third kappa shape index (κ3) is 2.68. The molecule has 0 heterocycles. The minimum atomic E-state index is -0.348. The summed E-state index contributed by atoms with van der Waals surface area (Å²) in [6.07, 6.45) is 1.85. The fraction of sp³-hybridized carbons (Fsp3) is 0.235. The molecule has 19 heavy (non-hydrogen) atoms. The Hall–Kier alpha value is -2.09. The normalized spacial score (nSPS) is 10.4. The summed E-state index contributed by atoms with van der Waals surface area (Å²) in [5.41, 5.74) is 10.7. The van der Waals surface area contributed by atoms with Crippen molar-refractivity contribution in [3.63, 3.8) is 0 Å². The fourth-order valence-electron chi connectivity index (χ4n) is 2.46. The highest BCUT2D eigenvalue weighted by atomic mass is 16.1. The molecule has 2 heteroatoms. The third-order valence-electron chi connectivity index (χ3n) is 3.38. The number of primary amides is 1. The average Bonchev–Trinajstić information content (AvgIpc) is 2.40. The molecule has 0 aliphatic rings. The molecule has 2 rings (SSSR count). The topological polar surface area (TPSA) is 43.1 Å². The summed E-state index contributed by atoms with van der Waals surface area (Å²) >= 11 is 0. The van der Waals surface area contributed by atoms with Gasteiger partial charge in [0.1, 0.15) is 0 Å². The summed E-state index contributed by atoms with van der Waals surface area (Å²) in [4.78, 5) is 11.6. The van der Waals surface area contributed by atoms with E-state index in [1.165, 1.54) is 11.1 Å². The molecule has 0 unspecified atom stereocenters. The SMILES string of the molecule is CCCc1c(C(N)=O)cccc1-c1ccccc1C. The van der Waals surface area contributed by atoms with Crippen LogP contribution in [0, 0.1) is 6.92 Å². The van der Waals surface area contributed by atoms with E-state index in [2.05, 4.69) is 32.0 Å². The molecule has 2 nitrogen and oxygen atoms in total. The Labute approximate surface area is 114 Å². The number of amides is 1. The maximum atomic E-state index is 11.6. The molecule has 0 aliphatic carbocycles. The first-order chi connectivity index (χ1) is 9.15. The van der Waals surface area contributed by atoms with Gasteiger partial charge in [0.15, 0.2) is 0 Å². The number of aryl methyl sites for hydroxylation is 1. The second-order valence-corrected chi connectivity index (χ2v) is 4.76. The van der Waals surface area contributed by atoms with Crippen LogP contribution in [-0.2, 0) is 6.42 Å². The summed E-state index contributed by atoms with van der Waals surface area (Å²) in [5.74, 6) is -0.348. The van der Waals surface area contributed by atoms with Crippen molar-refractivity contribution in [2.75, 3.05) is 0 Å². The fourth-order valence-corrected chi connectivity index (χ4v) is 2.46. The van der Waals surface area contributed by atoms with Gasteiger partial charge >= 0.3 is 0 Å². The summed E-state index contributed by atoms with van der Waals surface area (Å²) in [5, 5.41) is 0. The molecule has 0 radical (unpaired) electrons. The second kappa shape index (κ2) is 5.70. The number of hydrogen-bond acceptors (Lipinski definition) is 1. The Balaban J connectivity index is 2.66. The monoisotopic (exact) mass is 253 g/mol. The molecule has 0 saturated heterocycles. The van der Waals surface area contributed by atoms with Crippen molar-refractivity contribution in [1.29, 1.82) is 0 Å². The first kappa shape index (κ1) is 13.3. The van der Waals surface area contributed by atoms with Crippen molar-refractivity contribution >= 4 is 5.91 Å². The molecule has 0 atom stereocenters. The minimum Gasteiger partial charge on any atom is -0.366 e. The summed E-state index contributed by atoms with van der Waals surface area (Å²) in [7, 11) is 0. The van der Waals surface area contributed by atoms with Crippen LogP contribution in [-0.4, -0.2) is 5.91 Å². The van der Waals surface area contributed by atoms with Crippen LogP contribution in [0.3, 0.4) is 0 Å². The molecule has 2 aromatic rings.